The molecule has 1 fully saturated rings. The topological polar surface area (TPSA) is 79.5 Å². The van der Waals surface area contributed by atoms with Gasteiger partial charge in [-0.25, -0.2) is 17.6 Å². The molecule has 0 bridgehead atoms. The SMILES string of the molecule is Cc1c(C(CC2CCCC2)C(=O)O)c2c(F)c(O)c(F)cc2n1C(=O)c1ccc(F)c(F)c1. The molecule has 1 aliphatic carbocycles. The molecule has 1 aromatic heterocycles. The average Bonchev–Trinajstić information content (AvgIpc) is 3.37. The van der Waals surface area contributed by atoms with Crippen LogP contribution < -0.4 is 0 Å². The van der Waals surface area contributed by atoms with E-state index in [9.17, 15) is 33.0 Å². The molecule has 33 heavy (non-hydrogen) atoms. The van der Waals surface area contributed by atoms with Crippen LogP contribution in [-0.4, -0.2) is 26.7 Å². The molecule has 0 saturated heterocycles. The molecule has 2 aromatic carbocycles. The molecule has 3 aromatic rings. The van der Waals surface area contributed by atoms with Crippen LogP contribution in [0.25, 0.3) is 10.9 Å². The Labute approximate surface area is 186 Å². The van der Waals surface area contributed by atoms with E-state index < -0.39 is 46.8 Å². The normalized spacial score (nSPS) is 15.3. The van der Waals surface area contributed by atoms with Crippen molar-refractivity contribution >= 4 is 22.8 Å². The second-order valence-corrected chi connectivity index (χ2v) is 8.46. The molecule has 0 spiro atoms. The molecule has 0 amide bonds. The second kappa shape index (κ2) is 8.53. The summed E-state index contributed by atoms with van der Waals surface area (Å²) in [7, 11) is 0. The Bertz CT molecular complexity index is 1280. The van der Waals surface area contributed by atoms with Crippen LogP contribution in [0.1, 0.15) is 59.6 Å². The number of hydrogen-bond acceptors (Lipinski definition) is 3. The number of carboxylic acids is 1. The number of carbonyl (C=O) groups is 2. The van der Waals surface area contributed by atoms with E-state index in [-0.39, 0.29) is 40.1 Å². The molecular formula is C24H21F4NO4. The Balaban J connectivity index is 1.98. The minimum absolute atomic E-state index is 0.0223. The number of halogens is 4. The van der Waals surface area contributed by atoms with Crippen LogP contribution in [0.2, 0.25) is 0 Å². The van der Waals surface area contributed by atoms with E-state index in [0.29, 0.717) is 6.07 Å². The molecule has 9 heteroatoms. The van der Waals surface area contributed by atoms with Crippen molar-refractivity contribution < 1.29 is 37.4 Å². The maximum Gasteiger partial charge on any atom is 0.311 e. The highest BCUT2D eigenvalue weighted by Crippen LogP contribution is 2.42. The lowest BCUT2D eigenvalue weighted by molar-refractivity contribution is -0.139. The first-order valence-electron chi connectivity index (χ1n) is 10.6. The minimum Gasteiger partial charge on any atom is -0.503 e. The summed E-state index contributed by atoms with van der Waals surface area (Å²) in [6.07, 6.45) is 3.72. The Kier molecular flexibility index (Phi) is 5.90. The van der Waals surface area contributed by atoms with Gasteiger partial charge in [-0.15, -0.1) is 0 Å². The van der Waals surface area contributed by atoms with Gasteiger partial charge in [0.2, 0.25) is 0 Å². The first kappa shape index (κ1) is 22.8. The quantitative estimate of drug-likeness (QED) is 0.480. The Hall–Kier alpha value is -3.36. The highest BCUT2D eigenvalue weighted by molar-refractivity contribution is 6.05. The Morgan fingerprint density at radius 2 is 1.73 bits per heavy atom. The predicted molar refractivity (Wildman–Crippen MR) is 111 cm³/mol. The molecule has 1 heterocycles. The smallest absolute Gasteiger partial charge is 0.311 e. The predicted octanol–water partition coefficient (Wildman–Crippen LogP) is 5.65. The van der Waals surface area contributed by atoms with Crippen LogP contribution in [0.4, 0.5) is 17.6 Å². The van der Waals surface area contributed by atoms with Gasteiger partial charge in [0.15, 0.2) is 29.0 Å². The van der Waals surface area contributed by atoms with E-state index in [2.05, 4.69) is 0 Å². The molecule has 0 aliphatic heterocycles. The van der Waals surface area contributed by atoms with Crippen LogP contribution in [0.3, 0.4) is 0 Å². The van der Waals surface area contributed by atoms with E-state index in [1.54, 1.807) is 0 Å². The first-order chi connectivity index (χ1) is 15.6. The molecule has 0 radical (unpaired) electrons. The van der Waals surface area contributed by atoms with Gasteiger partial charge in [-0.05, 0) is 43.0 Å². The molecule has 2 N–H and O–H groups in total. The van der Waals surface area contributed by atoms with Gasteiger partial charge in [-0.2, -0.15) is 0 Å². The lowest BCUT2D eigenvalue weighted by Gasteiger charge is -2.18. The van der Waals surface area contributed by atoms with Gasteiger partial charge >= 0.3 is 5.97 Å². The fourth-order valence-corrected chi connectivity index (χ4v) is 4.88. The summed E-state index contributed by atoms with van der Waals surface area (Å²) in [6, 6.07) is 3.16. The standard InChI is InChI=1S/C24H21F4NO4/c1-11-19(14(24(32)33)8-12-4-2-3-5-12)20-18(10-17(27)22(30)21(20)28)29(11)23(31)13-6-7-15(25)16(26)9-13/h6-7,9-10,12,14,30H,2-5,8H2,1H3,(H,32,33). The number of carbonyl (C=O) groups excluding carboxylic acids is 1. The van der Waals surface area contributed by atoms with Gasteiger partial charge < -0.3 is 10.2 Å². The zero-order chi connectivity index (χ0) is 24.0. The number of aliphatic carboxylic acids is 1. The third-order valence-electron chi connectivity index (χ3n) is 6.47. The summed E-state index contributed by atoms with van der Waals surface area (Å²) in [5, 5.41) is 19.5. The van der Waals surface area contributed by atoms with E-state index in [4.69, 9.17) is 0 Å². The van der Waals surface area contributed by atoms with Crippen molar-refractivity contribution in [3.63, 3.8) is 0 Å². The molecule has 1 unspecified atom stereocenters. The maximum absolute atomic E-state index is 15.1. The van der Waals surface area contributed by atoms with Gasteiger partial charge in [0.1, 0.15) is 0 Å². The molecule has 4 rings (SSSR count). The maximum atomic E-state index is 15.1. The monoisotopic (exact) mass is 463 g/mol. The third-order valence-corrected chi connectivity index (χ3v) is 6.47. The van der Waals surface area contributed by atoms with Crippen LogP contribution >= 0.6 is 0 Å². The molecule has 1 atom stereocenters. The van der Waals surface area contributed by atoms with Crippen LogP contribution in [-0.2, 0) is 4.79 Å². The number of fused-ring (bicyclic) bond motifs is 1. The molecular weight excluding hydrogens is 442 g/mol. The van der Waals surface area contributed by atoms with Crippen molar-refractivity contribution in [1.29, 1.82) is 0 Å². The minimum atomic E-state index is -1.38. The van der Waals surface area contributed by atoms with Gasteiger partial charge in [-0.3, -0.25) is 14.2 Å². The summed E-state index contributed by atoms with van der Waals surface area (Å²) in [4.78, 5) is 25.5. The van der Waals surface area contributed by atoms with Crippen LogP contribution in [0.5, 0.6) is 5.75 Å². The molecule has 1 aliphatic rings. The van der Waals surface area contributed by atoms with Crippen molar-refractivity contribution in [3.05, 3.63) is 64.4 Å². The number of aromatic nitrogens is 1. The third kappa shape index (κ3) is 3.85. The highest BCUT2D eigenvalue weighted by atomic mass is 19.2. The fourth-order valence-electron chi connectivity index (χ4n) is 4.88. The Morgan fingerprint density at radius 3 is 2.33 bits per heavy atom. The fraction of sp³-hybridized carbons (Fsp3) is 0.333. The summed E-state index contributed by atoms with van der Waals surface area (Å²) >= 11 is 0. The van der Waals surface area contributed by atoms with E-state index >= 15 is 4.39 Å². The van der Waals surface area contributed by atoms with Crippen LogP contribution in [0, 0.1) is 36.1 Å². The number of phenols is 1. The lowest BCUT2D eigenvalue weighted by atomic mass is 9.86. The summed E-state index contributed by atoms with van der Waals surface area (Å²) < 4.78 is 57.4. The number of nitrogens with zero attached hydrogens (tertiary/aromatic N) is 1. The zero-order valence-electron chi connectivity index (χ0n) is 17.7. The number of benzene rings is 2. The van der Waals surface area contributed by atoms with Gasteiger partial charge in [0.05, 0.1) is 11.4 Å². The number of hydrogen-bond donors (Lipinski definition) is 2. The Morgan fingerprint density at radius 1 is 1.06 bits per heavy atom. The van der Waals surface area contributed by atoms with E-state index in [1.165, 1.54) is 6.92 Å². The average molecular weight is 463 g/mol. The molecule has 5 nitrogen and oxygen atoms in total. The van der Waals surface area contributed by atoms with Crippen molar-refractivity contribution in [2.75, 3.05) is 0 Å². The van der Waals surface area contributed by atoms with Crippen molar-refractivity contribution in [2.24, 2.45) is 5.92 Å². The van der Waals surface area contributed by atoms with Crippen molar-refractivity contribution in [2.45, 2.75) is 44.9 Å². The van der Waals surface area contributed by atoms with Crippen molar-refractivity contribution in [1.82, 2.24) is 4.57 Å². The summed E-state index contributed by atoms with van der Waals surface area (Å²) in [6.45, 7) is 1.38. The largest absolute Gasteiger partial charge is 0.503 e. The number of aromatic hydroxyl groups is 1. The number of rotatable bonds is 5. The summed E-state index contributed by atoms with van der Waals surface area (Å²) in [5.74, 6) is -9.75. The highest BCUT2D eigenvalue weighted by Gasteiger charge is 2.35. The van der Waals surface area contributed by atoms with E-state index in [0.717, 1.165) is 48.4 Å². The number of phenolic OH excluding ortho intramolecular Hbond substituents is 1. The lowest BCUT2D eigenvalue weighted by Crippen LogP contribution is -2.18. The first-order valence-corrected chi connectivity index (χ1v) is 10.6. The molecule has 1 saturated carbocycles. The number of carboxylic acid groups (broad SMARTS) is 1. The van der Waals surface area contributed by atoms with Crippen molar-refractivity contribution in [3.8, 4) is 5.75 Å². The zero-order valence-corrected chi connectivity index (χ0v) is 17.7. The van der Waals surface area contributed by atoms with Gasteiger partial charge in [0.25, 0.3) is 5.91 Å². The van der Waals surface area contributed by atoms with Gasteiger partial charge in [0, 0.05) is 22.7 Å². The molecule has 174 valence electrons. The van der Waals surface area contributed by atoms with Crippen LogP contribution in [0.15, 0.2) is 24.3 Å². The second-order valence-electron chi connectivity index (χ2n) is 8.46. The van der Waals surface area contributed by atoms with Gasteiger partial charge in [-0.1, -0.05) is 25.7 Å². The van der Waals surface area contributed by atoms with E-state index in [1.807, 2.05) is 0 Å². The summed E-state index contributed by atoms with van der Waals surface area (Å²) in [5.41, 5.74) is -0.623.